The average molecular weight is 643 g/mol. The minimum Gasteiger partial charge on any atom is -0.433 e. The minimum atomic E-state index is -1.28. The van der Waals surface area contributed by atoms with Crippen molar-refractivity contribution in [3.63, 3.8) is 0 Å². The third-order valence-electron chi connectivity index (χ3n) is 10.8. The molecule has 1 spiro atoms. The van der Waals surface area contributed by atoms with Crippen molar-refractivity contribution in [2.45, 2.75) is 97.0 Å². The van der Waals surface area contributed by atoms with E-state index in [4.69, 9.17) is 9.47 Å². The van der Waals surface area contributed by atoms with Crippen molar-refractivity contribution in [3.05, 3.63) is 59.5 Å². The SMILES string of the molecule is Cc1cc(N2CC[C@](C)(c3ccccc3)C2)cn2nc(C(=O)NC3CC4(CCN(C(=O)CC5(C)OC(C(C)(C)C)OC5=O)C4)C3)nc12. The smallest absolute Gasteiger partial charge is 0.341 e. The van der Waals surface area contributed by atoms with Gasteiger partial charge in [-0.15, -0.1) is 5.10 Å². The number of ether oxygens (including phenoxy) is 2. The van der Waals surface area contributed by atoms with E-state index >= 15 is 0 Å². The van der Waals surface area contributed by atoms with Gasteiger partial charge >= 0.3 is 5.97 Å². The van der Waals surface area contributed by atoms with Gasteiger partial charge in [-0.05, 0) is 62.1 Å². The van der Waals surface area contributed by atoms with E-state index in [0.717, 1.165) is 50.0 Å². The topological polar surface area (TPSA) is 118 Å². The van der Waals surface area contributed by atoms with E-state index in [1.165, 1.54) is 5.56 Å². The molecule has 0 bridgehead atoms. The van der Waals surface area contributed by atoms with E-state index in [2.05, 4.69) is 63.6 Å². The molecule has 11 heteroatoms. The van der Waals surface area contributed by atoms with Gasteiger partial charge in [0.05, 0.1) is 18.3 Å². The Balaban J connectivity index is 0.942. The number of likely N-dealkylation sites (tertiary alicyclic amines) is 1. The molecule has 5 heterocycles. The van der Waals surface area contributed by atoms with Gasteiger partial charge in [-0.3, -0.25) is 9.59 Å². The molecule has 250 valence electrons. The second kappa shape index (κ2) is 11.0. The van der Waals surface area contributed by atoms with Gasteiger partial charge in [0.1, 0.15) is 0 Å². The summed E-state index contributed by atoms with van der Waals surface area (Å²) in [5.74, 6) is -0.711. The quantitative estimate of drug-likeness (QED) is 0.393. The van der Waals surface area contributed by atoms with Gasteiger partial charge in [0.15, 0.2) is 11.2 Å². The van der Waals surface area contributed by atoms with Crippen LogP contribution in [0.4, 0.5) is 5.69 Å². The molecule has 1 saturated carbocycles. The minimum absolute atomic E-state index is 0.000657. The van der Waals surface area contributed by atoms with E-state index in [1.54, 1.807) is 11.4 Å². The van der Waals surface area contributed by atoms with Crippen LogP contribution in [0.2, 0.25) is 0 Å². The molecule has 11 nitrogen and oxygen atoms in total. The molecule has 7 rings (SSSR count). The molecule has 4 aliphatic rings. The fourth-order valence-electron chi connectivity index (χ4n) is 7.87. The van der Waals surface area contributed by atoms with Gasteiger partial charge in [-0.25, -0.2) is 14.3 Å². The number of fused-ring (bicyclic) bond motifs is 1. The highest BCUT2D eigenvalue weighted by molar-refractivity contribution is 5.91. The molecular weight excluding hydrogens is 596 g/mol. The maximum absolute atomic E-state index is 13.3. The summed E-state index contributed by atoms with van der Waals surface area (Å²) in [5, 5.41) is 7.71. The Morgan fingerprint density at radius 2 is 1.81 bits per heavy atom. The molecule has 47 heavy (non-hydrogen) atoms. The number of carbonyl (C=O) groups is 3. The van der Waals surface area contributed by atoms with Crippen LogP contribution < -0.4 is 10.2 Å². The molecule has 2 aromatic heterocycles. The van der Waals surface area contributed by atoms with Crippen LogP contribution in [0, 0.1) is 17.8 Å². The molecule has 3 aliphatic heterocycles. The average Bonchev–Trinajstić information content (AvgIpc) is 3.78. The van der Waals surface area contributed by atoms with Gasteiger partial charge in [0.2, 0.25) is 18.0 Å². The number of anilines is 1. The van der Waals surface area contributed by atoms with Crippen LogP contribution in [0.25, 0.3) is 5.65 Å². The summed E-state index contributed by atoms with van der Waals surface area (Å²) in [7, 11) is 0. The Hall–Kier alpha value is -3.99. The van der Waals surface area contributed by atoms with Crippen molar-refractivity contribution in [2.24, 2.45) is 10.8 Å². The predicted molar refractivity (Wildman–Crippen MR) is 176 cm³/mol. The number of amides is 2. The monoisotopic (exact) mass is 642 g/mol. The lowest BCUT2D eigenvalue weighted by molar-refractivity contribution is -0.156. The number of esters is 1. The van der Waals surface area contributed by atoms with Gasteiger partial charge < -0.3 is 24.6 Å². The first-order chi connectivity index (χ1) is 22.2. The number of cyclic esters (lactones) is 1. The molecule has 3 saturated heterocycles. The fraction of sp³-hybridized carbons (Fsp3) is 0.583. The zero-order valence-electron chi connectivity index (χ0n) is 28.3. The third kappa shape index (κ3) is 5.76. The summed E-state index contributed by atoms with van der Waals surface area (Å²) in [4.78, 5) is 47.9. The van der Waals surface area contributed by atoms with Crippen molar-refractivity contribution in [2.75, 3.05) is 31.1 Å². The number of nitrogens with one attached hydrogen (secondary N) is 1. The lowest BCUT2D eigenvalue weighted by atomic mass is 9.65. The van der Waals surface area contributed by atoms with Crippen LogP contribution in [0.3, 0.4) is 0 Å². The van der Waals surface area contributed by atoms with Gasteiger partial charge in [0, 0.05) is 43.1 Å². The Bertz CT molecular complexity index is 1730. The molecule has 4 fully saturated rings. The second-order valence-electron chi connectivity index (χ2n) is 16.0. The summed E-state index contributed by atoms with van der Waals surface area (Å²) < 4.78 is 13.1. The van der Waals surface area contributed by atoms with Crippen LogP contribution in [-0.2, 0) is 24.5 Å². The number of benzene rings is 1. The van der Waals surface area contributed by atoms with E-state index in [1.807, 2.05) is 38.8 Å². The van der Waals surface area contributed by atoms with Crippen LogP contribution >= 0.6 is 0 Å². The van der Waals surface area contributed by atoms with Crippen LogP contribution in [0.1, 0.15) is 88.5 Å². The van der Waals surface area contributed by atoms with Gasteiger partial charge in [-0.1, -0.05) is 58.0 Å². The normalized spacial score (nSPS) is 30.6. The van der Waals surface area contributed by atoms with Gasteiger partial charge in [0.25, 0.3) is 5.91 Å². The lowest BCUT2D eigenvalue weighted by Gasteiger charge is -2.45. The van der Waals surface area contributed by atoms with Crippen molar-refractivity contribution in [3.8, 4) is 0 Å². The fourth-order valence-corrected chi connectivity index (χ4v) is 7.87. The summed E-state index contributed by atoms with van der Waals surface area (Å²) in [6.45, 7) is 14.9. The number of pyridine rings is 1. The molecule has 2 unspecified atom stereocenters. The standard InChI is InChI=1S/C36H46N6O5/c1-23-16-26(40-14-12-34(5,21-40)24-10-8-7-9-11-24)20-42-29(23)38-28(39-42)30(44)37-25-17-36(18-25)13-15-41(22-36)27(43)19-35(6)31(45)46-32(47-35)33(2,3)4/h7-11,16,20,25,32H,12-15,17-19,21-22H2,1-6H3,(H,37,44)/t25?,32?,34-,35?,36?/m0/s1. The second-order valence-corrected chi connectivity index (χ2v) is 16.0. The Labute approximate surface area is 276 Å². The summed E-state index contributed by atoms with van der Waals surface area (Å²) in [5.41, 5.74) is 2.47. The van der Waals surface area contributed by atoms with E-state index in [0.29, 0.717) is 18.7 Å². The number of nitrogens with zero attached hydrogens (tertiary/aromatic N) is 5. The largest absolute Gasteiger partial charge is 0.433 e. The van der Waals surface area contributed by atoms with Crippen molar-refractivity contribution in [1.29, 1.82) is 0 Å². The Morgan fingerprint density at radius 3 is 2.51 bits per heavy atom. The Kier molecular flexibility index (Phi) is 7.42. The molecule has 2 amide bonds. The number of hydrogen-bond donors (Lipinski definition) is 1. The lowest BCUT2D eigenvalue weighted by Crippen LogP contribution is -2.52. The molecule has 1 N–H and O–H groups in total. The highest BCUT2D eigenvalue weighted by Gasteiger charge is 2.54. The number of carbonyl (C=O) groups excluding carboxylic acids is 3. The molecule has 1 aliphatic carbocycles. The molecular formula is C36H46N6O5. The maximum atomic E-state index is 13.3. The highest BCUT2D eigenvalue weighted by atomic mass is 16.8. The van der Waals surface area contributed by atoms with Crippen LogP contribution in [0.15, 0.2) is 42.6 Å². The van der Waals surface area contributed by atoms with Crippen molar-refractivity contribution < 1.29 is 23.9 Å². The summed E-state index contributed by atoms with van der Waals surface area (Å²) >= 11 is 0. The first-order valence-corrected chi connectivity index (χ1v) is 16.8. The van der Waals surface area contributed by atoms with Crippen molar-refractivity contribution >= 4 is 29.1 Å². The summed E-state index contributed by atoms with van der Waals surface area (Å²) in [6, 6.07) is 12.8. The molecule has 3 aromatic rings. The molecule has 3 atom stereocenters. The molecule has 1 aromatic carbocycles. The zero-order valence-corrected chi connectivity index (χ0v) is 28.3. The summed E-state index contributed by atoms with van der Waals surface area (Å²) in [6.07, 6.45) is 4.76. The van der Waals surface area contributed by atoms with E-state index in [9.17, 15) is 14.4 Å². The maximum Gasteiger partial charge on any atom is 0.341 e. The third-order valence-corrected chi connectivity index (χ3v) is 10.8. The highest BCUT2D eigenvalue weighted by Crippen LogP contribution is 2.49. The first kappa shape index (κ1) is 31.6. The van der Waals surface area contributed by atoms with Crippen LogP contribution in [0.5, 0.6) is 0 Å². The van der Waals surface area contributed by atoms with Crippen molar-refractivity contribution in [1.82, 2.24) is 24.8 Å². The van der Waals surface area contributed by atoms with E-state index in [-0.39, 0.29) is 46.3 Å². The predicted octanol–water partition coefficient (Wildman–Crippen LogP) is 4.41. The number of aryl methyl sites for hydroxylation is 1. The number of rotatable bonds is 6. The van der Waals surface area contributed by atoms with Gasteiger partial charge in [-0.2, -0.15) is 0 Å². The zero-order chi connectivity index (χ0) is 33.4. The molecule has 0 radical (unpaired) electrons. The Morgan fingerprint density at radius 1 is 1.06 bits per heavy atom. The first-order valence-electron chi connectivity index (χ1n) is 16.8. The van der Waals surface area contributed by atoms with Crippen LogP contribution in [-0.4, -0.2) is 81.4 Å². The van der Waals surface area contributed by atoms with E-state index < -0.39 is 17.9 Å². The number of aromatic nitrogens is 3. The number of hydrogen-bond acceptors (Lipinski definition) is 8.